The largest absolute Gasteiger partial charge is 0.320 e. The van der Waals surface area contributed by atoms with Crippen molar-refractivity contribution in [1.82, 2.24) is 14.8 Å². The van der Waals surface area contributed by atoms with Gasteiger partial charge in [-0.25, -0.2) is 0 Å². The molecule has 0 aliphatic carbocycles. The molecule has 1 aliphatic rings. The molecule has 2 aromatic rings. The Bertz CT molecular complexity index is 682. The molecule has 1 aromatic carbocycles. The van der Waals surface area contributed by atoms with Crippen molar-refractivity contribution in [1.29, 1.82) is 0 Å². The highest BCUT2D eigenvalue weighted by molar-refractivity contribution is 9.10. The zero-order valence-corrected chi connectivity index (χ0v) is 12.7. The van der Waals surface area contributed by atoms with E-state index in [9.17, 15) is 4.21 Å². The van der Waals surface area contributed by atoms with Gasteiger partial charge in [0, 0.05) is 28.1 Å². The third-order valence-corrected chi connectivity index (χ3v) is 5.00. The highest BCUT2D eigenvalue weighted by atomic mass is 79.9. The maximum absolute atomic E-state index is 11.9. The van der Waals surface area contributed by atoms with Crippen LogP contribution < -0.4 is 0 Å². The standard InChI is InChI=1S/C13H12BrN3OS/c1-17-9-15-16-12(17)13(5-6-19(18)8-13)10-3-2-4-11(14)7-10/h2-7,9H,8H2,1H3. The molecule has 0 saturated carbocycles. The highest BCUT2D eigenvalue weighted by Gasteiger charge is 2.41. The fraction of sp³-hybridized carbons (Fsp3) is 0.231. The van der Waals surface area contributed by atoms with Crippen molar-refractivity contribution in [3.05, 3.63) is 57.9 Å². The van der Waals surface area contributed by atoms with Crippen molar-refractivity contribution in [2.45, 2.75) is 5.41 Å². The molecule has 0 amide bonds. The summed E-state index contributed by atoms with van der Waals surface area (Å²) >= 11 is 3.49. The second kappa shape index (κ2) is 4.68. The van der Waals surface area contributed by atoms with Crippen molar-refractivity contribution in [3.8, 4) is 0 Å². The number of nitrogens with zero attached hydrogens (tertiary/aromatic N) is 3. The number of halogens is 1. The summed E-state index contributed by atoms with van der Waals surface area (Å²) in [6.45, 7) is 0. The highest BCUT2D eigenvalue weighted by Crippen LogP contribution is 2.38. The van der Waals surface area contributed by atoms with Crippen molar-refractivity contribution in [2.75, 3.05) is 5.75 Å². The fourth-order valence-corrected chi connectivity index (χ4v) is 4.13. The summed E-state index contributed by atoms with van der Waals surface area (Å²) < 4.78 is 14.8. The van der Waals surface area contributed by atoms with Crippen molar-refractivity contribution in [2.24, 2.45) is 7.05 Å². The first kappa shape index (κ1) is 12.7. The van der Waals surface area contributed by atoms with Gasteiger partial charge in [-0.3, -0.25) is 4.21 Å². The number of hydrogen-bond donors (Lipinski definition) is 0. The van der Waals surface area contributed by atoms with Crippen LogP contribution in [0.5, 0.6) is 0 Å². The first-order valence-electron chi connectivity index (χ1n) is 5.79. The van der Waals surface area contributed by atoms with Gasteiger partial charge in [0.25, 0.3) is 0 Å². The van der Waals surface area contributed by atoms with Gasteiger partial charge in [-0.1, -0.05) is 34.1 Å². The number of aromatic nitrogens is 3. The first-order chi connectivity index (χ1) is 9.12. The summed E-state index contributed by atoms with van der Waals surface area (Å²) in [7, 11) is 0.938. The lowest BCUT2D eigenvalue weighted by Gasteiger charge is -2.26. The Morgan fingerprint density at radius 2 is 2.32 bits per heavy atom. The number of aryl methyl sites for hydroxylation is 1. The van der Waals surface area contributed by atoms with E-state index in [-0.39, 0.29) is 0 Å². The maximum atomic E-state index is 11.9. The quantitative estimate of drug-likeness (QED) is 0.843. The van der Waals surface area contributed by atoms with Crippen molar-refractivity contribution in [3.63, 3.8) is 0 Å². The fourth-order valence-electron chi connectivity index (χ4n) is 2.41. The SMILES string of the molecule is Cn1cnnc1C1(c2cccc(Br)c2)C=CS(=O)C1. The monoisotopic (exact) mass is 337 g/mol. The minimum atomic E-state index is -0.969. The Morgan fingerprint density at radius 1 is 1.47 bits per heavy atom. The molecule has 0 N–H and O–H groups in total. The van der Waals surface area contributed by atoms with Crippen LogP contribution >= 0.6 is 15.9 Å². The molecule has 2 unspecified atom stereocenters. The smallest absolute Gasteiger partial charge is 0.148 e. The number of benzene rings is 1. The summed E-state index contributed by atoms with van der Waals surface area (Å²) in [5.41, 5.74) is 0.611. The van der Waals surface area contributed by atoms with Crippen LogP contribution in [0.4, 0.5) is 0 Å². The zero-order chi connectivity index (χ0) is 13.5. The Labute approximate surface area is 122 Å². The van der Waals surface area contributed by atoms with Crippen LogP contribution in [0.2, 0.25) is 0 Å². The lowest BCUT2D eigenvalue weighted by molar-refractivity contribution is 0.623. The topological polar surface area (TPSA) is 47.8 Å². The minimum Gasteiger partial charge on any atom is -0.320 e. The van der Waals surface area contributed by atoms with Gasteiger partial charge < -0.3 is 4.57 Å². The molecular weight excluding hydrogens is 326 g/mol. The van der Waals surface area contributed by atoms with E-state index in [0.29, 0.717) is 5.75 Å². The van der Waals surface area contributed by atoms with E-state index in [1.54, 1.807) is 11.7 Å². The van der Waals surface area contributed by atoms with Crippen LogP contribution in [0.15, 0.2) is 46.5 Å². The molecule has 0 radical (unpaired) electrons. The average Bonchev–Trinajstić information content (AvgIpc) is 2.96. The maximum Gasteiger partial charge on any atom is 0.148 e. The molecule has 2 atom stereocenters. The molecular formula is C13H12BrN3OS. The van der Waals surface area contributed by atoms with Gasteiger partial charge in [0.05, 0.1) is 5.41 Å². The van der Waals surface area contributed by atoms with Crippen LogP contribution in [-0.4, -0.2) is 24.7 Å². The average molecular weight is 338 g/mol. The van der Waals surface area contributed by atoms with Crippen LogP contribution in [0.1, 0.15) is 11.4 Å². The summed E-state index contributed by atoms with van der Waals surface area (Å²) in [5.74, 6) is 1.32. The molecule has 1 aliphatic heterocycles. The Kier molecular flexibility index (Phi) is 3.14. The molecule has 0 saturated heterocycles. The molecule has 6 heteroatoms. The van der Waals surface area contributed by atoms with Crippen LogP contribution in [-0.2, 0) is 23.3 Å². The Morgan fingerprint density at radius 3 is 2.89 bits per heavy atom. The predicted octanol–water partition coefficient (Wildman–Crippen LogP) is 2.14. The summed E-state index contributed by atoms with van der Waals surface area (Å²) in [6, 6.07) is 8.03. The van der Waals surface area contributed by atoms with E-state index in [2.05, 4.69) is 26.1 Å². The van der Waals surface area contributed by atoms with Gasteiger partial charge in [0.1, 0.15) is 12.2 Å². The predicted molar refractivity (Wildman–Crippen MR) is 78.1 cm³/mol. The van der Waals surface area contributed by atoms with Crippen LogP contribution in [0, 0.1) is 0 Å². The van der Waals surface area contributed by atoms with Crippen molar-refractivity contribution >= 4 is 26.7 Å². The molecule has 0 spiro atoms. The minimum absolute atomic E-state index is 0.458. The first-order valence-corrected chi connectivity index (χ1v) is 7.96. The second-order valence-corrected chi connectivity index (χ2v) is 6.81. The van der Waals surface area contributed by atoms with E-state index in [0.717, 1.165) is 15.9 Å². The second-order valence-electron chi connectivity index (χ2n) is 4.57. The van der Waals surface area contributed by atoms with Gasteiger partial charge in [-0.05, 0) is 23.1 Å². The number of rotatable bonds is 2. The van der Waals surface area contributed by atoms with E-state index in [4.69, 9.17) is 0 Å². The van der Waals surface area contributed by atoms with Gasteiger partial charge in [0.15, 0.2) is 0 Å². The van der Waals surface area contributed by atoms with Gasteiger partial charge >= 0.3 is 0 Å². The molecule has 1 aromatic heterocycles. The summed E-state index contributed by atoms with van der Waals surface area (Å²) in [5, 5.41) is 9.92. The van der Waals surface area contributed by atoms with Gasteiger partial charge in [-0.15, -0.1) is 10.2 Å². The molecule has 19 heavy (non-hydrogen) atoms. The van der Waals surface area contributed by atoms with E-state index in [1.165, 1.54) is 0 Å². The van der Waals surface area contributed by atoms with E-state index < -0.39 is 16.2 Å². The van der Waals surface area contributed by atoms with Gasteiger partial charge in [-0.2, -0.15) is 0 Å². The molecule has 98 valence electrons. The number of allylic oxidation sites excluding steroid dienone is 1. The Balaban J connectivity index is 2.22. The normalized spacial score (nSPS) is 25.9. The van der Waals surface area contributed by atoms with E-state index >= 15 is 0 Å². The van der Waals surface area contributed by atoms with Crippen molar-refractivity contribution < 1.29 is 4.21 Å². The Hall–Kier alpha value is -1.27. The molecule has 2 heterocycles. The number of hydrogen-bond acceptors (Lipinski definition) is 3. The summed E-state index contributed by atoms with van der Waals surface area (Å²) in [4.78, 5) is 0. The molecule has 4 nitrogen and oxygen atoms in total. The molecule has 0 bridgehead atoms. The lowest BCUT2D eigenvalue weighted by atomic mass is 9.81. The summed E-state index contributed by atoms with van der Waals surface area (Å²) in [6.07, 6.45) is 3.65. The lowest BCUT2D eigenvalue weighted by Crippen LogP contribution is -2.31. The third-order valence-electron chi connectivity index (χ3n) is 3.32. The zero-order valence-electron chi connectivity index (χ0n) is 10.3. The molecule has 3 rings (SSSR count). The van der Waals surface area contributed by atoms with E-state index in [1.807, 2.05) is 42.0 Å². The molecule has 0 fully saturated rings. The van der Waals surface area contributed by atoms with Crippen LogP contribution in [0.3, 0.4) is 0 Å². The van der Waals surface area contributed by atoms with Gasteiger partial charge in [0.2, 0.25) is 0 Å². The third kappa shape index (κ3) is 2.08. The van der Waals surface area contributed by atoms with Crippen LogP contribution in [0.25, 0.3) is 0 Å².